The molecule has 0 unspecified atom stereocenters. The Morgan fingerprint density at radius 3 is 2.55 bits per heavy atom. The van der Waals surface area contributed by atoms with E-state index in [0.717, 1.165) is 35.2 Å². The number of anilines is 1. The van der Waals surface area contributed by atoms with Gasteiger partial charge < -0.3 is 0 Å². The largest absolute Gasteiger partial charge is 0.296 e. The number of nitrogens with one attached hydrogen (secondary N) is 1. The number of carbonyl (C=O) groups is 1. The van der Waals surface area contributed by atoms with E-state index in [1.165, 1.54) is 21.3 Å². The molecule has 0 aliphatic carbocycles. The Morgan fingerprint density at radius 2 is 1.87 bits per heavy atom. The normalized spacial score (nSPS) is 11.7. The molecule has 3 aromatic heterocycles. The van der Waals surface area contributed by atoms with Crippen LogP contribution in [0.1, 0.15) is 34.3 Å². The number of thiazole rings is 1. The summed E-state index contributed by atoms with van der Waals surface area (Å²) >= 11 is 1.37. The molecule has 0 aliphatic heterocycles. The number of aromatic nitrogens is 3. The minimum Gasteiger partial charge on any atom is -0.296 e. The average Bonchev–Trinajstić information content (AvgIpc) is 3.29. The van der Waals surface area contributed by atoms with Crippen LogP contribution in [-0.2, 0) is 16.3 Å². The summed E-state index contributed by atoms with van der Waals surface area (Å²) in [6, 6.07) is 13.4. The summed E-state index contributed by atoms with van der Waals surface area (Å²) in [6.07, 6.45) is 4.77. The number of hydrogen-bond donors (Lipinski definition) is 1. The Morgan fingerprint density at radius 1 is 1.13 bits per heavy atom. The predicted octanol–water partition coefficient (Wildman–Crippen LogP) is 4.37. The molecule has 160 valence electrons. The van der Waals surface area contributed by atoms with E-state index >= 15 is 0 Å². The lowest BCUT2D eigenvalue weighted by Crippen LogP contribution is -2.13. The zero-order chi connectivity index (χ0) is 22.2. The minimum atomic E-state index is -3.60. The molecule has 4 rings (SSSR count). The van der Waals surface area contributed by atoms with Gasteiger partial charge in [-0.1, -0.05) is 43.7 Å². The molecule has 0 bridgehead atoms. The molecule has 0 radical (unpaired) electrons. The molecule has 7 nitrogen and oxygen atoms in total. The molecule has 4 aromatic rings. The Kier molecular flexibility index (Phi) is 5.63. The van der Waals surface area contributed by atoms with Crippen molar-refractivity contribution < 1.29 is 13.2 Å². The highest BCUT2D eigenvalue weighted by atomic mass is 32.2. The highest BCUT2D eigenvalue weighted by Crippen LogP contribution is 2.31. The van der Waals surface area contributed by atoms with Crippen molar-refractivity contribution in [2.45, 2.75) is 31.8 Å². The number of carbonyl (C=O) groups excluding carboxylic acids is 1. The first-order chi connectivity index (χ1) is 14.8. The second-order valence-electron chi connectivity index (χ2n) is 7.30. The SMILES string of the molecule is CCCc1ccc(-c2nc(NC(=O)c3nc(S(C)(=O)=O)n4ccccc34)sc2C)cc1. The van der Waals surface area contributed by atoms with E-state index in [1.54, 1.807) is 24.4 Å². The van der Waals surface area contributed by atoms with E-state index in [0.29, 0.717) is 10.6 Å². The van der Waals surface area contributed by atoms with Gasteiger partial charge in [-0.3, -0.25) is 14.5 Å². The van der Waals surface area contributed by atoms with Crippen molar-refractivity contribution in [3.05, 3.63) is 64.8 Å². The van der Waals surface area contributed by atoms with Gasteiger partial charge in [-0.05, 0) is 31.0 Å². The van der Waals surface area contributed by atoms with Crippen LogP contribution in [0.3, 0.4) is 0 Å². The number of imidazole rings is 1. The van der Waals surface area contributed by atoms with Crippen molar-refractivity contribution in [1.29, 1.82) is 0 Å². The number of rotatable bonds is 6. The molecule has 0 aliphatic rings. The fourth-order valence-electron chi connectivity index (χ4n) is 3.43. The number of hydrogen-bond acceptors (Lipinski definition) is 6. The van der Waals surface area contributed by atoms with E-state index < -0.39 is 15.7 Å². The van der Waals surface area contributed by atoms with Crippen molar-refractivity contribution in [2.75, 3.05) is 11.6 Å². The van der Waals surface area contributed by atoms with E-state index in [-0.39, 0.29) is 10.9 Å². The van der Waals surface area contributed by atoms with Crippen molar-refractivity contribution in [2.24, 2.45) is 0 Å². The molecule has 0 saturated carbocycles. The number of sulfone groups is 1. The lowest BCUT2D eigenvalue weighted by atomic mass is 10.1. The Balaban J connectivity index is 1.64. The summed E-state index contributed by atoms with van der Waals surface area (Å²) in [5.74, 6) is -0.503. The lowest BCUT2D eigenvalue weighted by Gasteiger charge is -2.02. The highest BCUT2D eigenvalue weighted by molar-refractivity contribution is 7.90. The van der Waals surface area contributed by atoms with Crippen molar-refractivity contribution in [1.82, 2.24) is 14.4 Å². The van der Waals surface area contributed by atoms with Gasteiger partial charge in [0.25, 0.3) is 5.91 Å². The number of aryl methyl sites for hydroxylation is 2. The molecular weight excluding hydrogens is 432 g/mol. The van der Waals surface area contributed by atoms with Crippen LogP contribution in [0.25, 0.3) is 16.8 Å². The lowest BCUT2D eigenvalue weighted by molar-refractivity contribution is 0.102. The summed E-state index contributed by atoms with van der Waals surface area (Å²) < 4.78 is 25.6. The van der Waals surface area contributed by atoms with Gasteiger partial charge in [-0.25, -0.2) is 18.4 Å². The smallest absolute Gasteiger partial charge is 0.278 e. The third-order valence-corrected chi connectivity index (χ3v) is 6.68. The fourth-order valence-corrected chi connectivity index (χ4v) is 5.03. The highest BCUT2D eigenvalue weighted by Gasteiger charge is 2.23. The molecule has 3 heterocycles. The van der Waals surface area contributed by atoms with Crippen LogP contribution in [0.4, 0.5) is 5.13 Å². The number of benzene rings is 1. The molecule has 0 fully saturated rings. The monoisotopic (exact) mass is 454 g/mol. The molecular formula is C22H22N4O3S2. The second kappa shape index (κ2) is 8.24. The van der Waals surface area contributed by atoms with Gasteiger partial charge in [0.05, 0.1) is 11.2 Å². The molecule has 0 saturated heterocycles. The van der Waals surface area contributed by atoms with Crippen molar-refractivity contribution in [3.63, 3.8) is 0 Å². The maximum Gasteiger partial charge on any atom is 0.278 e. The molecule has 0 atom stereocenters. The van der Waals surface area contributed by atoms with Crippen LogP contribution < -0.4 is 5.32 Å². The fraction of sp³-hybridized carbons (Fsp3) is 0.227. The summed E-state index contributed by atoms with van der Waals surface area (Å²) in [7, 11) is -3.60. The third kappa shape index (κ3) is 4.24. The number of pyridine rings is 1. The Hall–Kier alpha value is -3.04. The first kappa shape index (κ1) is 21.2. The number of amides is 1. The second-order valence-corrected chi connectivity index (χ2v) is 10.4. The quantitative estimate of drug-likeness (QED) is 0.467. The molecule has 1 N–H and O–H groups in total. The van der Waals surface area contributed by atoms with E-state index in [2.05, 4.69) is 34.3 Å². The van der Waals surface area contributed by atoms with Gasteiger partial charge in [0, 0.05) is 22.9 Å². The topological polar surface area (TPSA) is 93.4 Å². The standard InChI is InChI=1S/C22H22N4O3S2/c1-4-7-15-9-11-16(12-10-15)18-14(2)30-21(23-18)25-20(27)19-17-8-5-6-13-26(17)22(24-19)31(3,28)29/h5-6,8-13H,4,7H2,1-3H3,(H,23,25,27). The van der Waals surface area contributed by atoms with Gasteiger partial charge in [0.1, 0.15) is 0 Å². The average molecular weight is 455 g/mol. The number of fused-ring (bicyclic) bond motifs is 1. The summed E-state index contributed by atoms with van der Waals surface area (Å²) in [4.78, 5) is 22.6. The first-order valence-electron chi connectivity index (χ1n) is 9.83. The van der Waals surface area contributed by atoms with Gasteiger partial charge in [0.2, 0.25) is 15.0 Å². The van der Waals surface area contributed by atoms with Gasteiger partial charge >= 0.3 is 0 Å². The first-order valence-corrected chi connectivity index (χ1v) is 12.5. The van der Waals surface area contributed by atoms with Crippen LogP contribution in [0.15, 0.2) is 53.8 Å². The van der Waals surface area contributed by atoms with Gasteiger partial charge in [-0.15, -0.1) is 11.3 Å². The van der Waals surface area contributed by atoms with Crippen LogP contribution in [0.2, 0.25) is 0 Å². The predicted molar refractivity (Wildman–Crippen MR) is 123 cm³/mol. The molecule has 1 amide bonds. The van der Waals surface area contributed by atoms with Gasteiger partial charge in [0.15, 0.2) is 10.8 Å². The van der Waals surface area contributed by atoms with Crippen molar-refractivity contribution in [3.8, 4) is 11.3 Å². The summed E-state index contributed by atoms with van der Waals surface area (Å²) in [6.45, 7) is 4.10. The number of nitrogens with zero attached hydrogens (tertiary/aromatic N) is 3. The minimum absolute atomic E-state index is 0.0411. The van der Waals surface area contributed by atoms with E-state index in [1.807, 2.05) is 19.1 Å². The van der Waals surface area contributed by atoms with Crippen LogP contribution in [0, 0.1) is 6.92 Å². The molecule has 31 heavy (non-hydrogen) atoms. The van der Waals surface area contributed by atoms with E-state index in [9.17, 15) is 13.2 Å². The summed E-state index contributed by atoms with van der Waals surface area (Å²) in [5.41, 5.74) is 3.54. The molecule has 1 aromatic carbocycles. The zero-order valence-electron chi connectivity index (χ0n) is 17.4. The maximum atomic E-state index is 12.9. The zero-order valence-corrected chi connectivity index (χ0v) is 19.0. The Labute approximate surface area is 184 Å². The van der Waals surface area contributed by atoms with Crippen molar-refractivity contribution >= 4 is 37.7 Å². The summed E-state index contributed by atoms with van der Waals surface area (Å²) in [5, 5.41) is 3.04. The van der Waals surface area contributed by atoms with Crippen LogP contribution in [-0.4, -0.2) is 34.9 Å². The van der Waals surface area contributed by atoms with Crippen LogP contribution >= 0.6 is 11.3 Å². The molecule has 0 spiro atoms. The molecule has 9 heteroatoms. The maximum absolute atomic E-state index is 12.9. The third-order valence-electron chi connectivity index (χ3n) is 4.85. The Bertz CT molecular complexity index is 1370. The van der Waals surface area contributed by atoms with Gasteiger partial charge in [-0.2, -0.15) is 0 Å². The van der Waals surface area contributed by atoms with Crippen LogP contribution in [0.5, 0.6) is 0 Å². The van der Waals surface area contributed by atoms with E-state index in [4.69, 9.17) is 0 Å².